The van der Waals surface area contributed by atoms with Gasteiger partial charge in [0.15, 0.2) is 5.78 Å². The van der Waals surface area contributed by atoms with Gasteiger partial charge in [0.05, 0.1) is 6.42 Å². The van der Waals surface area contributed by atoms with Crippen LogP contribution in [-0.4, -0.2) is 22.6 Å². The highest BCUT2D eigenvalue weighted by Crippen LogP contribution is 2.18. The van der Waals surface area contributed by atoms with Crippen molar-refractivity contribution >= 4 is 17.5 Å². The average Bonchev–Trinajstić information content (AvgIpc) is 2.19. The maximum atomic E-state index is 11.4. The minimum absolute atomic E-state index is 0.336. The van der Waals surface area contributed by atoms with Crippen LogP contribution < -0.4 is 0 Å². The molecule has 0 amide bonds. The first-order valence-corrected chi connectivity index (χ1v) is 4.59. The van der Waals surface area contributed by atoms with Gasteiger partial charge in [0.1, 0.15) is 0 Å². The third-order valence-electron chi connectivity index (χ3n) is 2.21. The van der Waals surface area contributed by atoms with Gasteiger partial charge >= 0.3 is 5.97 Å². The van der Waals surface area contributed by atoms with Crippen molar-refractivity contribution in [3.63, 3.8) is 0 Å². The maximum absolute atomic E-state index is 11.4. The van der Waals surface area contributed by atoms with Gasteiger partial charge in [-0.2, -0.15) is 0 Å². The molecule has 0 heterocycles. The van der Waals surface area contributed by atoms with Crippen LogP contribution >= 0.6 is 0 Å². The van der Waals surface area contributed by atoms with Crippen molar-refractivity contribution in [3.8, 4) is 0 Å². The van der Waals surface area contributed by atoms with Crippen molar-refractivity contribution in [2.75, 3.05) is 0 Å². The lowest BCUT2D eigenvalue weighted by molar-refractivity contribution is -0.150. The van der Waals surface area contributed by atoms with Crippen LogP contribution in [0.4, 0.5) is 0 Å². The molecule has 0 saturated carbocycles. The molecule has 0 atom stereocenters. The minimum atomic E-state index is -1.53. The van der Waals surface area contributed by atoms with Crippen LogP contribution in [0.3, 0.4) is 0 Å². The highest BCUT2D eigenvalue weighted by Gasteiger charge is 2.19. The zero-order chi connectivity index (χ0) is 10.6. The fourth-order valence-electron chi connectivity index (χ4n) is 1.43. The summed E-state index contributed by atoms with van der Waals surface area (Å²) < 4.78 is 0. The second kappa shape index (κ2) is 4.69. The number of carbonyl (C=O) groups excluding carboxylic acids is 2. The summed E-state index contributed by atoms with van der Waals surface area (Å²) in [7, 11) is 0. The van der Waals surface area contributed by atoms with Crippen LogP contribution in [0.5, 0.6) is 0 Å². The fraction of sp³-hybridized carbons (Fsp3) is 0.500. The van der Waals surface area contributed by atoms with Gasteiger partial charge < -0.3 is 5.11 Å². The molecule has 0 fully saturated rings. The molecule has 4 nitrogen and oxygen atoms in total. The van der Waals surface area contributed by atoms with Gasteiger partial charge in [0.2, 0.25) is 5.78 Å². The Morgan fingerprint density at radius 1 is 1.29 bits per heavy atom. The van der Waals surface area contributed by atoms with Crippen LogP contribution in [0.15, 0.2) is 11.6 Å². The first-order valence-electron chi connectivity index (χ1n) is 4.59. The highest BCUT2D eigenvalue weighted by atomic mass is 16.4. The van der Waals surface area contributed by atoms with Gasteiger partial charge in [-0.3, -0.25) is 9.59 Å². The Kier molecular flexibility index (Phi) is 3.56. The summed E-state index contributed by atoms with van der Waals surface area (Å²) in [5.41, 5.74) is 0.617. The molecule has 0 spiro atoms. The zero-order valence-corrected chi connectivity index (χ0v) is 7.78. The van der Waals surface area contributed by atoms with E-state index >= 15 is 0 Å². The van der Waals surface area contributed by atoms with Crippen molar-refractivity contribution in [3.05, 3.63) is 11.6 Å². The lowest BCUT2D eigenvalue weighted by atomic mass is 9.94. The van der Waals surface area contributed by atoms with Crippen LogP contribution in [0.1, 0.15) is 32.1 Å². The molecule has 0 saturated heterocycles. The summed E-state index contributed by atoms with van der Waals surface area (Å²) in [6.45, 7) is 0. The van der Waals surface area contributed by atoms with E-state index < -0.39 is 18.2 Å². The Balaban J connectivity index is 2.53. The first-order chi connectivity index (χ1) is 6.61. The van der Waals surface area contributed by atoms with Crippen LogP contribution in [-0.2, 0) is 14.4 Å². The molecule has 1 N–H and O–H groups in total. The molecule has 0 aromatic rings. The molecule has 0 aromatic heterocycles. The van der Waals surface area contributed by atoms with Gasteiger partial charge in [0.25, 0.3) is 0 Å². The van der Waals surface area contributed by atoms with Crippen LogP contribution in [0.2, 0.25) is 0 Å². The molecular formula is C10H12O4. The van der Waals surface area contributed by atoms with Crippen LogP contribution in [0, 0.1) is 0 Å². The number of aliphatic carboxylic acids is 1. The van der Waals surface area contributed by atoms with Crippen molar-refractivity contribution < 1.29 is 19.5 Å². The number of hydrogen-bond donors (Lipinski definition) is 1. The summed E-state index contributed by atoms with van der Waals surface area (Å²) in [6.07, 6.45) is 4.83. The highest BCUT2D eigenvalue weighted by molar-refractivity contribution is 6.37. The monoisotopic (exact) mass is 196 g/mol. The molecule has 1 rings (SSSR count). The van der Waals surface area contributed by atoms with E-state index in [2.05, 4.69) is 0 Å². The Morgan fingerprint density at radius 3 is 2.50 bits per heavy atom. The van der Waals surface area contributed by atoms with E-state index in [1.54, 1.807) is 6.08 Å². The predicted molar refractivity (Wildman–Crippen MR) is 48.8 cm³/mol. The van der Waals surface area contributed by atoms with Gasteiger partial charge in [0, 0.05) is 0 Å². The summed E-state index contributed by atoms with van der Waals surface area (Å²) in [5.74, 6) is -2.90. The zero-order valence-electron chi connectivity index (χ0n) is 7.78. The molecule has 0 aliphatic heterocycles. The second-order valence-electron chi connectivity index (χ2n) is 3.30. The number of ketones is 2. The summed E-state index contributed by atoms with van der Waals surface area (Å²) in [5, 5.41) is 8.31. The van der Waals surface area contributed by atoms with E-state index in [1.165, 1.54) is 0 Å². The number of rotatable bonds is 4. The summed E-state index contributed by atoms with van der Waals surface area (Å²) in [6, 6.07) is 0. The molecular weight excluding hydrogens is 184 g/mol. The van der Waals surface area contributed by atoms with E-state index in [0.717, 1.165) is 19.3 Å². The lowest BCUT2D eigenvalue weighted by Crippen LogP contribution is -2.18. The van der Waals surface area contributed by atoms with Gasteiger partial charge in [-0.05, 0) is 31.3 Å². The number of hydrogen-bond acceptors (Lipinski definition) is 3. The smallest absolute Gasteiger partial charge is 0.372 e. The SMILES string of the molecule is O=C(O)C(=O)CC(=O)C1=CCCCC1. The summed E-state index contributed by atoms with van der Waals surface area (Å²) >= 11 is 0. The topological polar surface area (TPSA) is 71.4 Å². The molecule has 14 heavy (non-hydrogen) atoms. The van der Waals surface area contributed by atoms with Gasteiger partial charge in [-0.1, -0.05) is 6.08 Å². The number of Topliss-reactive ketones (excluding diaryl/α,β-unsaturated/α-hetero) is 2. The molecule has 0 unspecified atom stereocenters. The van der Waals surface area contributed by atoms with Crippen LogP contribution in [0.25, 0.3) is 0 Å². The van der Waals surface area contributed by atoms with Gasteiger partial charge in [-0.15, -0.1) is 0 Å². The Labute approximate surface area is 81.6 Å². The maximum Gasteiger partial charge on any atom is 0.372 e. The van der Waals surface area contributed by atoms with Gasteiger partial charge in [-0.25, -0.2) is 4.79 Å². The normalized spacial score (nSPS) is 15.9. The van der Waals surface area contributed by atoms with Crippen molar-refractivity contribution in [1.82, 2.24) is 0 Å². The second-order valence-corrected chi connectivity index (χ2v) is 3.30. The number of carboxylic acid groups (broad SMARTS) is 1. The molecule has 76 valence electrons. The van der Waals surface area contributed by atoms with Crippen molar-refractivity contribution in [1.29, 1.82) is 0 Å². The molecule has 0 bridgehead atoms. The third kappa shape index (κ3) is 2.80. The van der Waals surface area contributed by atoms with E-state index in [-0.39, 0.29) is 5.78 Å². The van der Waals surface area contributed by atoms with E-state index in [1.807, 2.05) is 0 Å². The number of carbonyl (C=O) groups is 3. The first kappa shape index (κ1) is 10.6. The largest absolute Gasteiger partial charge is 0.475 e. The Hall–Kier alpha value is -1.45. The number of allylic oxidation sites excluding steroid dienone is 2. The molecule has 0 aromatic carbocycles. The van der Waals surface area contributed by atoms with Crippen molar-refractivity contribution in [2.24, 2.45) is 0 Å². The number of carboxylic acids is 1. The Bertz CT molecular complexity index is 301. The quantitative estimate of drug-likeness (QED) is 0.539. The molecule has 1 aliphatic rings. The fourth-order valence-corrected chi connectivity index (χ4v) is 1.43. The average molecular weight is 196 g/mol. The summed E-state index contributed by atoms with van der Waals surface area (Å²) in [4.78, 5) is 32.3. The van der Waals surface area contributed by atoms with E-state index in [4.69, 9.17) is 5.11 Å². The molecule has 4 heteroatoms. The lowest BCUT2D eigenvalue weighted by Gasteiger charge is -2.10. The minimum Gasteiger partial charge on any atom is -0.475 e. The predicted octanol–water partition coefficient (Wildman–Crippen LogP) is 1.10. The van der Waals surface area contributed by atoms with E-state index in [0.29, 0.717) is 12.0 Å². The molecule has 1 aliphatic carbocycles. The Morgan fingerprint density at radius 2 is 2.00 bits per heavy atom. The molecule has 0 radical (unpaired) electrons. The van der Waals surface area contributed by atoms with E-state index in [9.17, 15) is 14.4 Å². The third-order valence-corrected chi connectivity index (χ3v) is 2.21. The van der Waals surface area contributed by atoms with Crippen molar-refractivity contribution in [2.45, 2.75) is 32.1 Å². The standard InChI is InChI=1S/C10H12O4/c11-8(6-9(12)10(13)14)7-4-2-1-3-5-7/h4H,1-3,5-6H2,(H,13,14).